The lowest BCUT2D eigenvalue weighted by molar-refractivity contribution is 0.280. The van der Waals surface area contributed by atoms with Crippen LogP contribution < -0.4 is 0 Å². The molecule has 0 aliphatic heterocycles. The molecule has 0 spiro atoms. The maximum absolute atomic E-state index is 4.32. The van der Waals surface area contributed by atoms with Crippen LogP contribution in [0.5, 0.6) is 0 Å². The molecule has 0 heteroatoms. The molecule has 4 atom stereocenters. The summed E-state index contributed by atoms with van der Waals surface area (Å²) in [5, 5.41) is 0. The Balaban J connectivity index is 2.66. The average Bonchev–Trinajstić information content (AvgIpc) is 1.89. The minimum Gasteiger partial charge on any atom is -0.337 e. The van der Waals surface area contributed by atoms with Gasteiger partial charge in [-0.2, -0.15) is 5.41 Å². The summed E-state index contributed by atoms with van der Waals surface area (Å²) in [6.45, 7) is 13.8. The molecule has 0 aromatic rings. The molecule has 0 amide bonds. The van der Waals surface area contributed by atoms with Gasteiger partial charge in [0.15, 0.2) is 0 Å². The van der Waals surface area contributed by atoms with E-state index in [9.17, 15) is 0 Å². The first kappa shape index (κ1) is 10.1. The third kappa shape index (κ3) is 2.50. The van der Waals surface area contributed by atoms with E-state index in [0.29, 0.717) is 5.41 Å². The van der Waals surface area contributed by atoms with E-state index < -0.39 is 0 Å². The monoisotopic (exact) mass is 167 g/mol. The average molecular weight is 167 g/mol. The maximum Gasteiger partial charge on any atom is -0.0415 e. The molecule has 4 unspecified atom stereocenters. The van der Waals surface area contributed by atoms with Crippen LogP contribution in [0.3, 0.4) is 0 Å². The minimum absolute atomic E-state index is 0.337. The van der Waals surface area contributed by atoms with E-state index in [1.165, 1.54) is 19.3 Å². The Hall–Kier alpha value is 0. The van der Waals surface area contributed by atoms with Gasteiger partial charge in [-0.3, -0.25) is 0 Å². The Morgan fingerprint density at radius 2 is 1.67 bits per heavy atom. The second-order valence-corrected chi connectivity index (χ2v) is 5.51. The molecule has 1 saturated carbocycles. The zero-order chi connectivity index (χ0) is 9.35. The van der Waals surface area contributed by atoms with Crippen molar-refractivity contribution in [2.75, 3.05) is 0 Å². The molecule has 0 saturated heterocycles. The molecule has 1 aliphatic carbocycles. The summed E-state index contributed by atoms with van der Waals surface area (Å²) >= 11 is 0. The Morgan fingerprint density at radius 3 is 2.25 bits per heavy atom. The fraction of sp³-hybridized carbons (Fsp3) is 0.917. The topological polar surface area (TPSA) is 0 Å². The molecule has 0 nitrogen and oxygen atoms in total. The summed E-state index contributed by atoms with van der Waals surface area (Å²) in [4.78, 5) is 0. The standard InChI is InChI=1S/C12H23/c1-9-6-10(2)11(3)8-12(4,5)7-9/h9-11H,4,6-8H2,1-3,5H3/q-1. The van der Waals surface area contributed by atoms with Crippen LogP contribution in [0.15, 0.2) is 0 Å². The highest BCUT2D eigenvalue weighted by Gasteiger charge is 2.26. The highest BCUT2D eigenvalue weighted by molar-refractivity contribution is 4.86. The van der Waals surface area contributed by atoms with E-state index in [4.69, 9.17) is 0 Å². The van der Waals surface area contributed by atoms with E-state index in [-0.39, 0.29) is 0 Å². The third-order valence-electron chi connectivity index (χ3n) is 3.40. The molecule has 1 aliphatic rings. The van der Waals surface area contributed by atoms with Crippen LogP contribution in [0, 0.1) is 30.1 Å². The second-order valence-electron chi connectivity index (χ2n) is 5.51. The first-order chi connectivity index (χ1) is 5.41. The van der Waals surface area contributed by atoms with Crippen molar-refractivity contribution in [3.8, 4) is 0 Å². The van der Waals surface area contributed by atoms with Crippen LogP contribution in [-0.4, -0.2) is 0 Å². The lowest BCUT2D eigenvalue weighted by atomic mass is 9.79. The van der Waals surface area contributed by atoms with Crippen molar-refractivity contribution in [1.82, 2.24) is 0 Å². The third-order valence-corrected chi connectivity index (χ3v) is 3.40. The fourth-order valence-electron chi connectivity index (χ4n) is 2.85. The van der Waals surface area contributed by atoms with Crippen LogP contribution in [0.1, 0.15) is 47.0 Å². The normalized spacial score (nSPS) is 50.2. The van der Waals surface area contributed by atoms with Gasteiger partial charge in [-0.1, -0.05) is 40.5 Å². The first-order valence-corrected chi connectivity index (χ1v) is 5.26. The van der Waals surface area contributed by atoms with E-state index in [1.54, 1.807) is 0 Å². The molecular formula is C12H23-. The minimum atomic E-state index is 0.337. The van der Waals surface area contributed by atoms with E-state index in [0.717, 1.165) is 17.8 Å². The van der Waals surface area contributed by atoms with Crippen molar-refractivity contribution in [2.24, 2.45) is 23.2 Å². The number of hydrogen-bond acceptors (Lipinski definition) is 0. The van der Waals surface area contributed by atoms with Crippen molar-refractivity contribution in [2.45, 2.75) is 47.0 Å². The van der Waals surface area contributed by atoms with Crippen molar-refractivity contribution in [1.29, 1.82) is 0 Å². The second kappa shape index (κ2) is 3.40. The van der Waals surface area contributed by atoms with Crippen LogP contribution in [0.2, 0.25) is 0 Å². The van der Waals surface area contributed by atoms with Crippen LogP contribution >= 0.6 is 0 Å². The van der Waals surface area contributed by atoms with Gasteiger partial charge in [0.05, 0.1) is 0 Å². The molecule has 72 valence electrons. The predicted octanol–water partition coefficient (Wildman–Crippen LogP) is 3.92. The van der Waals surface area contributed by atoms with Gasteiger partial charge in [0.25, 0.3) is 0 Å². The zero-order valence-corrected chi connectivity index (χ0v) is 9.06. The van der Waals surface area contributed by atoms with Gasteiger partial charge in [-0.05, 0) is 24.2 Å². The SMILES string of the molecule is [CH2-]C1(C)CC(C)CC(C)C(C)C1. The van der Waals surface area contributed by atoms with Crippen LogP contribution in [0.4, 0.5) is 0 Å². The van der Waals surface area contributed by atoms with Gasteiger partial charge in [0, 0.05) is 0 Å². The molecular weight excluding hydrogens is 144 g/mol. The van der Waals surface area contributed by atoms with Crippen molar-refractivity contribution < 1.29 is 0 Å². The van der Waals surface area contributed by atoms with Crippen LogP contribution in [0.25, 0.3) is 0 Å². The molecule has 0 aromatic carbocycles. The van der Waals surface area contributed by atoms with Gasteiger partial charge in [-0.25, -0.2) is 0 Å². The van der Waals surface area contributed by atoms with Crippen molar-refractivity contribution in [3.05, 3.63) is 6.92 Å². The molecule has 0 radical (unpaired) electrons. The smallest absolute Gasteiger partial charge is 0.0415 e. The van der Waals surface area contributed by atoms with Crippen molar-refractivity contribution >= 4 is 0 Å². The zero-order valence-electron chi connectivity index (χ0n) is 9.06. The largest absolute Gasteiger partial charge is 0.337 e. The summed E-state index contributed by atoms with van der Waals surface area (Å²) < 4.78 is 0. The molecule has 0 aromatic heterocycles. The van der Waals surface area contributed by atoms with Gasteiger partial charge in [0.2, 0.25) is 0 Å². The van der Waals surface area contributed by atoms with E-state index in [1.807, 2.05) is 0 Å². The summed E-state index contributed by atoms with van der Waals surface area (Å²) in [6.07, 6.45) is 4.01. The maximum atomic E-state index is 4.32. The summed E-state index contributed by atoms with van der Waals surface area (Å²) in [5.41, 5.74) is 0.337. The molecule has 1 fully saturated rings. The number of hydrogen-bond donors (Lipinski definition) is 0. The lowest BCUT2D eigenvalue weighted by Crippen LogP contribution is -2.16. The van der Waals surface area contributed by atoms with E-state index in [2.05, 4.69) is 34.6 Å². The number of rotatable bonds is 0. The highest BCUT2D eigenvalue weighted by atomic mass is 14.4. The van der Waals surface area contributed by atoms with Crippen molar-refractivity contribution in [3.63, 3.8) is 0 Å². The Labute approximate surface area is 77.7 Å². The molecule has 12 heavy (non-hydrogen) atoms. The highest BCUT2D eigenvalue weighted by Crippen LogP contribution is 2.41. The van der Waals surface area contributed by atoms with Gasteiger partial charge >= 0.3 is 0 Å². The predicted molar refractivity (Wildman–Crippen MR) is 54.8 cm³/mol. The Kier molecular flexibility index (Phi) is 2.85. The first-order valence-electron chi connectivity index (χ1n) is 5.26. The van der Waals surface area contributed by atoms with E-state index >= 15 is 0 Å². The molecule has 1 rings (SSSR count). The quantitative estimate of drug-likeness (QED) is 0.379. The van der Waals surface area contributed by atoms with Crippen LogP contribution in [-0.2, 0) is 0 Å². The summed E-state index contributed by atoms with van der Waals surface area (Å²) in [5.74, 6) is 2.62. The van der Waals surface area contributed by atoms with Gasteiger partial charge in [-0.15, -0.1) is 0 Å². The summed E-state index contributed by atoms with van der Waals surface area (Å²) in [7, 11) is 0. The lowest BCUT2D eigenvalue weighted by Gasteiger charge is -2.34. The molecule has 0 heterocycles. The Morgan fingerprint density at radius 1 is 1.08 bits per heavy atom. The summed E-state index contributed by atoms with van der Waals surface area (Å²) in [6, 6.07) is 0. The van der Waals surface area contributed by atoms with Gasteiger partial charge < -0.3 is 6.92 Å². The molecule has 0 bridgehead atoms. The molecule has 0 N–H and O–H groups in total. The van der Waals surface area contributed by atoms with Gasteiger partial charge in [0.1, 0.15) is 0 Å². The fourth-order valence-corrected chi connectivity index (χ4v) is 2.85. The Bertz CT molecular complexity index is 146.